The van der Waals surface area contributed by atoms with E-state index in [0.717, 1.165) is 11.3 Å². The predicted octanol–water partition coefficient (Wildman–Crippen LogP) is 3.41. The van der Waals surface area contributed by atoms with Crippen LogP contribution >= 0.6 is 22.9 Å². The van der Waals surface area contributed by atoms with Gasteiger partial charge in [0.2, 0.25) is 0 Å². The molecule has 6 heteroatoms. The summed E-state index contributed by atoms with van der Waals surface area (Å²) in [4.78, 5) is 15.6. The molecular weight excluding hydrogens is 272 g/mol. The maximum absolute atomic E-state index is 10.9. The van der Waals surface area contributed by atoms with Crippen LogP contribution in [0.2, 0.25) is 5.02 Å². The number of imidazole rings is 1. The summed E-state index contributed by atoms with van der Waals surface area (Å²) in [5.41, 5.74) is 1.75. The van der Waals surface area contributed by atoms with Crippen molar-refractivity contribution in [2.75, 3.05) is 0 Å². The van der Waals surface area contributed by atoms with E-state index in [0.29, 0.717) is 9.98 Å². The van der Waals surface area contributed by atoms with Crippen LogP contribution < -0.4 is 0 Å². The first kappa shape index (κ1) is 11.3. The lowest BCUT2D eigenvalue weighted by atomic mass is 10.2. The van der Waals surface area contributed by atoms with Gasteiger partial charge in [-0.05, 0) is 6.07 Å². The van der Waals surface area contributed by atoms with E-state index in [2.05, 4.69) is 4.98 Å². The van der Waals surface area contributed by atoms with Crippen molar-refractivity contribution in [3.63, 3.8) is 0 Å². The molecule has 0 amide bonds. The molecule has 0 aliphatic rings. The molecule has 0 saturated carbocycles. The van der Waals surface area contributed by atoms with Gasteiger partial charge in [-0.1, -0.05) is 29.8 Å². The SMILES string of the molecule is O=C(O)c1cn2c(-c3ccccc3Cl)csc2n1. The number of carboxylic acid groups (broad SMARTS) is 1. The minimum absolute atomic E-state index is 0.0372. The highest BCUT2D eigenvalue weighted by atomic mass is 35.5. The highest BCUT2D eigenvalue weighted by Crippen LogP contribution is 2.31. The van der Waals surface area contributed by atoms with Crippen molar-refractivity contribution < 1.29 is 9.90 Å². The molecule has 2 heterocycles. The van der Waals surface area contributed by atoms with Gasteiger partial charge < -0.3 is 5.11 Å². The summed E-state index contributed by atoms with van der Waals surface area (Å²) in [6, 6.07) is 7.44. The van der Waals surface area contributed by atoms with Gasteiger partial charge in [0.05, 0.1) is 5.69 Å². The lowest BCUT2D eigenvalue weighted by Gasteiger charge is -2.01. The summed E-state index contributed by atoms with van der Waals surface area (Å²) >= 11 is 7.53. The zero-order valence-electron chi connectivity index (χ0n) is 9.00. The van der Waals surface area contributed by atoms with Gasteiger partial charge in [-0.2, -0.15) is 0 Å². The molecule has 0 bridgehead atoms. The number of aromatic nitrogens is 2. The lowest BCUT2D eigenvalue weighted by Crippen LogP contribution is -1.95. The Bertz CT molecular complexity index is 747. The van der Waals surface area contributed by atoms with Crippen molar-refractivity contribution in [2.45, 2.75) is 0 Å². The van der Waals surface area contributed by atoms with E-state index in [1.165, 1.54) is 17.5 Å². The summed E-state index contributed by atoms with van der Waals surface area (Å²) in [5.74, 6) is -1.03. The average molecular weight is 279 g/mol. The number of benzene rings is 1. The van der Waals surface area contributed by atoms with Crippen molar-refractivity contribution in [1.82, 2.24) is 9.38 Å². The van der Waals surface area contributed by atoms with E-state index in [9.17, 15) is 4.79 Å². The highest BCUT2D eigenvalue weighted by molar-refractivity contribution is 7.15. The molecule has 0 unspecified atom stereocenters. The molecule has 0 atom stereocenters. The molecule has 3 rings (SSSR count). The third kappa shape index (κ3) is 1.68. The fourth-order valence-electron chi connectivity index (χ4n) is 1.75. The number of thiazole rings is 1. The van der Waals surface area contributed by atoms with E-state index >= 15 is 0 Å². The fraction of sp³-hybridized carbons (Fsp3) is 0. The molecule has 0 fully saturated rings. The summed E-state index contributed by atoms with van der Waals surface area (Å²) in [6.45, 7) is 0. The standard InChI is InChI=1S/C12H7ClN2O2S/c13-8-4-2-1-3-7(8)10-6-18-12-14-9(11(16)17)5-15(10)12/h1-6H,(H,16,17). The van der Waals surface area contributed by atoms with Gasteiger partial charge in [-0.25, -0.2) is 9.78 Å². The van der Waals surface area contributed by atoms with Gasteiger partial charge in [-0.15, -0.1) is 11.3 Å². The molecule has 0 aliphatic carbocycles. The zero-order valence-corrected chi connectivity index (χ0v) is 10.6. The van der Waals surface area contributed by atoms with Crippen LogP contribution in [0.25, 0.3) is 16.2 Å². The van der Waals surface area contributed by atoms with Crippen LogP contribution in [0.15, 0.2) is 35.8 Å². The Morgan fingerprint density at radius 1 is 1.39 bits per heavy atom. The van der Waals surface area contributed by atoms with Crippen molar-refractivity contribution in [1.29, 1.82) is 0 Å². The molecule has 3 aromatic rings. The molecular formula is C12H7ClN2O2S. The largest absolute Gasteiger partial charge is 0.476 e. The molecule has 1 aromatic carbocycles. The summed E-state index contributed by atoms with van der Waals surface area (Å²) < 4.78 is 1.75. The second-order valence-electron chi connectivity index (χ2n) is 3.68. The van der Waals surface area contributed by atoms with Gasteiger partial charge in [0.15, 0.2) is 10.7 Å². The van der Waals surface area contributed by atoms with Crippen LogP contribution in [0.1, 0.15) is 10.5 Å². The zero-order chi connectivity index (χ0) is 12.7. The van der Waals surface area contributed by atoms with Crippen molar-refractivity contribution in [3.8, 4) is 11.3 Å². The molecule has 18 heavy (non-hydrogen) atoms. The van der Waals surface area contributed by atoms with Crippen LogP contribution in [0.5, 0.6) is 0 Å². The maximum atomic E-state index is 10.9. The Morgan fingerprint density at radius 3 is 2.89 bits per heavy atom. The smallest absolute Gasteiger partial charge is 0.356 e. The van der Waals surface area contributed by atoms with Crippen molar-refractivity contribution in [2.24, 2.45) is 0 Å². The van der Waals surface area contributed by atoms with E-state index in [1.807, 2.05) is 23.6 Å². The van der Waals surface area contributed by atoms with E-state index < -0.39 is 5.97 Å². The third-order valence-electron chi connectivity index (χ3n) is 2.58. The highest BCUT2D eigenvalue weighted by Gasteiger charge is 2.14. The van der Waals surface area contributed by atoms with Crippen molar-refractivity contribution in [3.05, 3.63) is 46.6 Å². The van der Waals surface area contributed by atoms with Crippen LogP contribution in [0, 0.1) is 0 Å². The Labute approximate surface area is 111 Å². The monoisotopic (exact) mass is 278 g/mol. The first-order valence-electron chi connectivity index (χ1n) is 5.11. The van der Waals surface area contributed by atoms with Gasteiger partial charge in [0, 0.05) is 22.2 Å². The van der Waals surface area contributed by atoms with E-state index in [4.69, 9.17) is 16.7 Å². The van der Waals surface area contributed by atoms with Crippen LogP contribution in [0.3, 0.4) is 0 Å². The number of carbonyl (C=O) groups is 1. The van der Waals surface area contributed by atoms with E-state index in [1.54, 1.807) is 10.5 Å². The Balaban J connectivity index is 2.24. The van der Waals surface area contributed by atoms with E-state index in [-0.39, 0.29) is 5.69 Å². The number of aromatic carboxylic acids is 1. The topological polar surface area (TPSA) is 54.6 Å². The quantitative estimate of drug-likeness (QED) is 0.781. The number of hydrogen-bond donors (Lipinski definition) is 1. The molecule has 4 nitrogen and oxygen atoms in total. The van der Waals surface area contributed by atoms with Crippen LogP contribution in [0.4, 0.5) is 0 Å². The predicted molar refractivity (Wildman–Crippen MR) is 70.5 cm³/mol. The van der Waals surface area contributed by atoms with Crippen LogP contribution in [-0.2, 0) is 0 Å². The minimum Gasteiger partial charge on any atom is -0.476 e. The Morgan fingerprint density at radius 2 is 2.17 bits per heavy atom. The summed E-state index contributed by atoms with van der Waals surface area (Å²) in [7, 11) is 0. The lowest BCUT2D eigenvalue weighted by molar-refractivity contribution is 0.0691. The number of halogens is 1. The van der Waals surface area contributed by atoms with Crippen LogP contribution in [-0.4, -0.2) is 20.5 Å². The maximum Gasteiger partial charge on any atom is 0.356 e. The summed E-state index contributed by atoms with van der Waals surface area (Å²) in [6.07, 6.45) is 1.51. The molecule has 1 N–H and O–H groups in total. The first-order valence-corrected chi connectivity index (χ1v) is 6.37. The molecule has 0 spiro atoms. The Hall–Kier alpha value is -1.85. The second-order valence-corrected chi connectivity index (χ2v) is 4.93. The number of nitrogens with zero attached hydrogens (tertiary/aromatic N) is 2. The number of rotatable bonds is 2. The van der Waals surface area contributed by atoms with Gasteiger partial charge in [0.25, 0.3) is 0 Å². The average Bonchev–Trinajstić information content (AvgIpc) is 2.89. The molecule has 0 saturated heterocycles. The Kier molecular flexibility index (Phi) is 2.57. The van der Waals surface area contributed by atoms with Gasteiger partial charge in [-0.3, -0.25) is 4.40 Å². The molecule has 0 aliphatic heterocycles. The number of carboxylic acids is 1. The number of fused-ring (bicyclic) bond motifs is 1. The van der Waals surface area contributed by atoms with Gasteiger partial charge in [0.1, 0.15) is 0 Å². The molecule has 90 valence electrons. The normalized spacial score (nSPS) is 10.9. The number of hydrogen-bond acceptors (Lipinski definition) is 3. The third-order valence-corrected chi connectivity index (χ3v) is 3.75. The fourth-order valence-corrected chi connectivity index (χ4v) is 2.86. The molecule has 2 aromatic heterocycles. The summed E-state index contributed by atoms with van der Waals surface area (Å²) in [5, 5.41) is 11.5. The molecule has 0 radical (unpaired) electrons. The van der Waals surface area contributed by atoms with Crippen molar-refractivity contribution >= 4 is 33.9 Å². The second kappa shape index (κ2) is 4.12. The minimum atomic E-state index is -1.03. The van der Waals surface area contributed by atoms with Gasteiger partial charge >= 0.3 is 5.97 Å². The first-order chi connectivity index (χ1) is 8.66.